The van der Waals surface area contributed by atoms with E-state index >= 15 is 0 Å². The number of nitrogens with one attached hydrogen (secondary N) is 1. The van der Waals surface area contributed by atoms with E-state index in [1.165, 1.54) is 11.1 Å². The number of aryl methyl sites for hydroxylation is 1. The van der Waals surface area contributed by atoms with Gasteiger partial charge in [0.1, 0.15) is 0 Å². The molecule has 2 atom stereocenters. The molecule has 0 aliphatic heterocycles. The number of carbonyl (C=O) groups is 1. The normalized spacial score (nSPS) is 19.6. The standard InChI is InChI=1S/C16H24N2O/c1-11-6-4-5-7-13(11)10-12(2)18-15(19)16(3,17)14-8-9-14/h4-7,12,14H,8-10,17H2,1-3H3,(H,18,19). The summed E-state index contributed by atoms with van der Waals surface area (Å²) in [6.45, 7) is 5.98. The van der Waals surface area contributed by atoms with Gasteiger partial charge in [-0.15, -0.1) is 0 Å². The third-order valence-electron chi connectivity index (χ3n) is 4.08. The topological polar surface area (TPSA) is 55.1 Å². The van der Waals surface area contributed by atoms with Crippen molar-refractivity contribution in [1.29, 1.82) is 0 Å². The molecule has 3 N–H and O–H groups in total. The van der Waals surface area contributed by atoms with Crippen LogP contribution in [0.1, 0.15) is 37.8 Å². The first-order valence-electron chi connectivity index (χ1n) is 7.05. The second-order valence-corrected chi connectivity index (χ2v) is 6.06. The van der Waals surface area contributed by atoms with Crippen LogP contribution in [0.25, 0.3) is 0 Å². The molecule has 0 radical (unpaired) electrons. The van der Waals surface area contributed by atoms with Gasteiger partial charge in [-0.25, -0.2) is 0 Å². The number of amides is 1. The van der Waals surface area contributed by atoms with Gasteiger partial charge in [-0.2, -0.15) is 0 Å². The zero-order valence-corrected chi connectivity index (χ0v) is 12.1. The van der Waals surface area contributed by atoms with Gasteiger partial charge in [0.25, 0.3) is 0 Å². The number of hydrogen-bond acceptors (Lipinski definition) is 2. The highest BCUT2D eigenvalue weighted by molar-refractivity contribution is 5.86. The Kier molecular flexibility index (Phi) is 3.95. The van der Waals surface area contributed by atoms with E-state index in [2.05, 4.69) is 24.4 Å². The summed E-state index contributed by atoms with van der Waals surface area (Å²) in [7, 11) is 0. The van der Waals surface area contributed by atoms with Gasteiger partial charge in [-0.1, -0.05) is 24.3 Å². The Bertz CT molecular complexity index is 464. The van der Waals surface area contributed by atoms with Crippen LogP contribution < -0.4 is 11.1 Å². The second kappa shape index (κ2) is 5.33. The van der Waals surface area contributed by atoms with Crippen LogP contribution in [0.15, 0.2) is 24.3 Å². The Morgan fingerprint density at radius 1 is 1.47 bits per heavy atom. The first kappa shape index (κ1) is 14.1. The summed E-state index contributed by atoms with van der Waals surface area (Å²) in [5.41, 5.74) is 7.96. The third-order valence-corrected chi connectivity index (χ3v) is 4.08. The Hall–Kier alpha value is -1.35. The van der Waals surface area contributed by atoms with E-state index in [1.54, 1.807) is 0 Å². The highest BCUT2D eigenvalue weighted by Crippen LogP contribution is 2.38. The van der Waals surface area contributed by atoms with Crippen molar-refractivity contribution in [2.24, 2.45) is 11.7 Å². The average Bonchev–Trinajstić information content (AvgIpc) is 3.16. The zero-order chi connectivity index (χ0) is 14.0. The van der Waals surface area contributed by atoms with Crippen LogP contribution in [0.5, 0.6) is 0 Å². The number of benzene rings is 1. The van der Waals surface area contributed by atoms with E-state index in [4.69, 9.17) is 5.73 Å². The van der Waals surface area contributed by atoms with Gasteiger partial charge < -0.3 is 11.1 Å². The van der Waals surface area contributed by atoms with Crippen molar-refractivity contribution in [2.45, 2.75) is 51.6 Å². The van der Waals surface area contributed by atoms with Crippen molar-refractivity contribution in [3.63, 3.8) is 0 Å². The first-order chi connectivity index (χ1) is 8.91. The van der Waals surface area contributed by atoms with Crippen LogP contribution in [0.3, 0.4) is 0 Å². The number of nitrogens with two attached hydrogens (primary N) is 1. The molecule has 1 amide bonds. The summed E-state index contributed by atoms with van der Waals surface area (Å²) in [5, 5.41) is 3.05. The fraction of sp³-hybridized carbons (Fsp3) is 0.562. The van der Waals surface area contributed by atoms with E-state index in [0.717, 1.165) is 19.3 Å². The first-order valence-corrected chi connectivity index (χ1v) is 7.05. The molecular formula is C16H24N2O. The zero-order valence-electron chi connectivity index (χ0n) is 12.1. The summed E-state index contributed by atoms with van der Waals surface area (Å²) in [5.74, 6) is 0.342. The van der Waals surface area contributed by atoms with Crippen LogP contribution in [-0.4, -0.2) is 17.5 Å². The summed E-state index contributed by atoms with van der Waals surface area (Å²) >= 11 is 0. The van der Waals surface area contributed by atoms with Crippen LogP contribution in [0.2, 0.25) is 0 Å². The highest BCUT2D eigenvalue weighted by Gasteiger charge is 2.44. The van der Waals surface area contributed by atoms with Crippen LogP contribution in [0.4, 0.5) is 0 Å². The number of rotatable bonds is 5. The molecule has 104 valence electrons. The molecule has 2 unspecified atom stereocenters. The molecule has 1 aromatic rings. The number of hydrogen-bond donors (Lipinski definition) is 2. The summed E-state index contributed by atoms with van der Waals surface area (Å²) < 4.78 is 0. The van der Waals surface area contributed by atoms with Crippen LogP contribution in [-0.2, 0) is 11.2 Å². The Morgan fingerprint density at radius 2 is 2.11 bits per heavy atom. The van der Waals surface area contributed by atoms with E-state index in [0.29, 0.717) is 5.92 Å². The molecule has 3 nitrogen and oxygen atoms in total. The Morgan fingerprint density at radius 3 is 2.68 bits per heavy atom. The summed E-state index contributed by atoms with van der Waals surface area (Å²) in [6.07, 6.45) is 3.00. The van der Waals surface area contributed by atoms with E-state index in [1.807, 2.05) is 26.0 Å². The smallest absolute Gasteiger partial charge is 0.240 e. The predicted molar refractivity (Wildman–Crippen MR) is 77.8 cm³/mol. The van der Waals surface area contributed by atoms with E-state index < -0.39 is 5.54 Å². The number of carbonyl (C=O) groups excluding carboxylic acids is 1. The molecule has 19 heavy (non-hydrogen) atoms. The maximum atomic E-state index is 12.2. The fourth-order valence-electron chi connectivity index (χ4n) is 2.47. The van der Waals surface area contributed by atoms with Gasteiger partial charge in [-0.05, 0) is 57.1 Å². The molecule has 0 heterocycles. The van der Waals surface area contributed by atoms with Gasteiger partial charge in [0.15, 0.2) is 0 Å². The second-order valence-electron chi connectivity index (χ2n) is 6.06. The van der Waals surface area contributed by atoms with Gasteiger partial charge in [0, 0.05) is 6.04 Å². The molecule has 0 aromatic heterocycles. The summed E-state index contributed by atoms with van der Waals surface area (Å²) in [4.78, 5) is 12.2. The SMILES string of the molecule is Cc1ccccc1CC(C)NC(=O)C(C)(N)C1CC1. The largest absolute Gasteiger partial charge is 0.352 e. The van der Waals surface area contributed by atoms with E-state index in [9.17, 15) is 4.79 Å². The predicted octanol–water partition coefficient (Wildman–Crippen LogP) is 2.17. The lowest BCUT2D eigenvalue weighted by molar-refractivity contribution is -0.127. The lowest BCUT2D eigenvalue weighted by Gasteiger charge is -2.26. The van der Waals surface area contributed by atoms with E-state index in [-0.39, 0.29) is 11.9 Å². The van der Waals surface area contributed by atoms with Gasteiger partial charge >= 0.3 is 0 Å². The van der Waals surface area contributed by atoms with Gasteiger partial charge in [-0.3, -0.25) is 4.79 Å². The van der Waals surface area contributed by atoms with Crippen molar-refractivity contribution in [3.05, 3.63) is 35.4 Å². The molecule has 1 fully saturated rings. The molecule has 0 saturated heterocycles. The molecular weight excluding hydrogens is 236 g/mol. The van der Waals surface area contributed by atoms with Crippen molar-refractivity contribution >= 4 is 5.91 Å². The fourth-order valence-corrected chi connectivity index (χ4v) is 2.47. The average molecular weight is 260 g/mol. The van der Waals surface area contributed by atoms with Gasteiger partial charge in [0.05, 0.1) is 5.54 Å². The Labute approximate surface area is 115 Å². The van der Waals surface area contributed by atoms with Crippen LogP contribution >= 0.6 is 0 Å². The third kappa shape index (κ3) is 3.35. The minimum absolute atomic E-state index is 0.0175. The molecule has 3 heteroatoms. The lowest BCUT2D eigenvalue weighted by atomic mass is 9.95. The van der Waals surface area contributed by atoms with Gasteiger partial charge in [0.2, 0.25) is 5.91 Å². The highest BCUT2D eigenvalue weighted by atomic mass is 16.2. The lowest BCUT2D eigenvalue weighted by Crippen LogP contribution is -2.55. The quantitative estimate of drug-likeness (QED) is 0.852. The van der Waals surface area contributed by atoms with Crippen molar-refractivity contribution in [2.75, 3.05) is 0 Å². The van der Waals surface area contributed by atoms with Crippen molar-refractivity contribution in [3.8, 4) is 0 Å². The maximum Gasteiger partial charge on any atom is 0.240 e. The van der Waals surface area contributed by atoms with Crippen molar-refractivity contribution in [1.82, 2.24) is 5.32 Å². The molecule has 1 saturated carbocycles. The molecule has 2 rings (SSSR count). The molecule has 1 aliphatic carbocycles. The van der Waals surface area contributed by atoms with Crippen molar-refractivity contribution < 1.29 is 4.79 Å². The summed E-state index contributed by atoms with van der Waals surface area (Å²) in [6, 6.07) is 8.39. The monoisotopic (exact) mass is 260 g/mol. The molecule has 0 bridgehead atoms. The van der Waals surface area contributed by atoms with Crippen LogP contribution in [0, 0.1) is 12.8 Å². The molecule has 1 aromatic carbocycles. The molecule has 0 spiro atoms. The maximum absolute atomic E-state index is 12.2. The molecule has 1 aliphatic rings. The minimum Gasteiger partial charge on any atom is -0.352 e. The Balaban J connectivity index is 1.92. The minimum atomic E-state index is -0.708.